The monoisotopic (exact) mass is 372 g/mol. The first-order chi connectivity index (χ1) is 13.2. The molecule has 2 fully saturated rings. The quantitative estimate of drug-likeness (QED) is 0.839. The molecular weight excluding hydrogens is 340 g/mol. The Morgan fingerprint density at radius 2 is 1.74 bits per heavy atom. The van der Waals surface area contributed by atoms with E-state index in [0.29, 0.717) is 38.5 Å². The molecule has 0 unspecified atom stereocenters. The molecule has 1 N–H and O–H groups in total. The first-order valence-corrected chi connectivity index (χ1v) is 10.5. The molecule has 5 nitrogen and oxygen atoms in total. The number of piperidine rings is 1. The zero-order chi connectivity index (χ0) is 19.1. The highest BCUT2D eigenvalue weighted by atomic mass is 16.6. The minimum atomic E-state index is -0.263. The van der Waals surface area contributed by atoms with Crippen LogP contribution >= 0.6 is 0 Å². The van der Waals surface area contributed by atoms with Crippen molar-refractivity contribution in [2.75, 3.05) is 19.7 Å². The van der Waals surface area contributed by atoms with Crippen molar-refractivity contribution < 1.29 is 14.3 Å². The van der Waals surface area contributed by atoms with Crippen molar-refractivity contribution in [2.24, 2.45) is 11.8 Å². The Morgan fingerprint density at radius 3 is 2.37 bits per heavy atom. The van der Waals surface area contributed by atoms with E-state index in [1.54, 1.807) is 4.90 Å². The van der Waals surface area contributed by atoms with Gasteiger partial charge in [-0.1, -0.05) is 49.6 Å². The molecule has 2 aliphatic rings. The number of amides is 2. The van der Waals surface area contributed by atoms with E-state index in [0.717, 1.165) is 0 Å². The smallest absolute Gasteiger partial charge is 0.409 e. The van der Waals surface area contributed by atoms with Gasteiger partial charge in [0.2, 0.25) is 5.91 Å². The molecule has 1 aromatic carbocycles. The molecule has 1 aliphatic heterocycles. The summed E-state index contributed by atoms with van der Waals surface area (Å²) in [4.78, 5) is 26.5. The van der Waals surface area contributed by atoms with E-state index in [9.17, 15) is 9.59 Å². The van der Waals surface area contributed by atoms with Crippen molar-refractivity contribution in [2.45, 2.75) is 57.9 Å². The summed E-state index contributed by atoms with van der Waals surface area (Å²) in [5, 5.41) is 3.37. The van der Waals surface area contributed by atoms with Crippen LogP contribution in [0.2, 0.25) is 0 Å². The van der Waals surface area contributed by atoms with Crippen LogP contribution in [0.5, 0.6) is 0 Å². The molecule has 27 heavy (non-hydrogen) atoms. The highest BCUT2D eigenvalue weighted by molar-refractivity contribution is 5.79. The fraction of sp³-hybridized carbons (Fsp3) is 0.636. The maximum Gasteiger partial charge on any atom is 0.409 e. The number of nitrogens with one attached hydrogen (secondary N) is 1. The van der Waals surface area contributed by atoms with Gasteiger partial charge in [-0.3, -0.25) is 4.79 Å². The minimum Gasteiger partial charge on any atom is -0.450 e. The van der Waals surface area contributed by atoms with E-state index in [-0.39, 0.29) is 24.0 Å². The van der Waals surface area contributed by atoms with Gasteiger partial charge < -0.3 is 15.0 Å². The van der Waals surface area contributed by atoms with E-state index in [1.165, 1.54) is 37.7 Å². The lowest BCUT2D eigenvalue weighted by Crippen LogP contribution is -2.45. The first-order valence-electron chi connectivity index (χ1n) is 10.5. The van der Waals surface area contributed by atoms with Crippen LogP contribution in [-0.4, -0.2) is 36.6 Å². The van der Waals surface area contributed by atoms with Gasteiger partial charge in [0, 0.05) is 19.0 Å². The second kappa shape index (κ2) is 9.77. The summed E-state index contributed by atoms with van der Waals surface area (Å²) in [6, 6.07) is 10.5. The lowest BCUT2D eigenvalue weighted by Gasteiger charge is -2.34. The number of benzene rings is 1. The van der Waals surface area contributed by atoms with Crippen LogP contribution < -0.4 is 5.32 Å². The number of nitrogens with zero attached hydrogens (tertiary/aromatic N) is 1. The molecule has 0 radical (unpaired) electrons. The Hall–Kier alpha value is -2.04. The lowest BCUT2D eigenvalue weighted by atomic mass is 9.80. The Labute approximate surface area is 162 Å². The molecule has 148 valence electrons. The molecule has 0 bridgehead atoms. The molecule has 1 saturated carbocycles. The zero-order valence-electron chi connectivity index (χ0n) is 16.4. The van der Waals surface area contributed by atoms with Gasteiger partial charge in [-0.05, 0) is 44.1 Å². The maximum atomic E-state index is 13.0. The van der Waals surface area contributed by atoms with Crippen molar-refractivity contribution >= 4 is 12.0 Å². The topological polar surface area (TPSA) is 58.6 Å². The Morgan fingerprint density at radius 1 is 1.07 bits per heavy atom. The van der Waals surface area contributed by atoms with Gasteiger partial charge in [0.1, 0.15) is 0 Å². The van der Waals surface area contributed by atoms with Crippen molar-refractivity contribution in [3.05, 3.63) is 35.9 Å². The van der Waals surface area contributed by atoms with Gasteiger partial charge in [0.25, 0.3) is 0 Å². The molecule has 5 heteroatoms. The number of carbonyl (C=O) groups is 2. The highest BCUT2D eigenvalue weighted by Gasteiger charge is 2.32. The normalized spacial score (nSPS) is 20.1. The molecule has 1 atom stereocenters. The van der Waals surface area contributed by atoms with Crippen LogP contribution in [0.25, 0.3) is 0 Å². The number of carbonyl (C=O) groups excluding carboxylic acids is 2. The molecule has 0 spiro atoms. The summed E-state index contributed by atoms with van der Waals surface area (Å²) in [5.41, 5.74) is 1.21. The number of hydrogen-bond acceptors (Lipinski definition) is 3. The highest BCUT2D eigenvalue weighted by Crippen LogP contribution is 2.35. The average Bonchev–Trinajstić information content (AvgIpc) is 2.73. The standard InChI is InChI=1S/C22H32N2O3/c1-2-27-22(26)24-15-13-19(14-16-24)21(25)23-20(17-9-5-3-6-10-17)18-11-7-4-8-12-18/h3,5-6,9-10,18-20H,2,4,7-8,11-16H2,1H3,(H,23,25)/t20-/m0/s1. The fourth-order valence-electron chi connectivity index (χ4n) is 4.41. The van der Waals surface area contributed by atoms with Crippen LogP contribution in [-0.2, 0) is 9.53 Å². The average molecular weight is 373 g/mol. The van der Waals surface area contributed by atoms with Crippen LogP contribution in [0.3, 0.4) is 0 Å². The Balaban J connectivity index is 1.60. The molecule has 1 aliphatic carbocycles. The molecular formula is C22H32N2O3. The van der Waals surface area contributed by atoms with E-state index in [1.807, 2.05) is 13.0 Å². The molecule has 2 amide bonds. The second-order valence-corrected chi connectivity index (χ2v) is 7.76. The predicted molar refractivity (Wildman–Crippen MR) is 105 cm³/mol. The number of hydrogen-bond donors (Lipinski definition) is 1. The van der Waals surface area contributed by atoms with E-state index >= 15 is 0 Å². The van der Waals surface area contributed by atoms with Gasteiger partial charge in [0.15, 0.2) is 0 Å². The molecule has 1 saturated heterocycles. The van der Waals surface area contributed by atoms with Crippen molar-refractivity contribution in [1.82, 2.24) is 10.2 Å². The number of likely N-dealkylation sites (tertiary alicyclic amines) is 1. The third-order valence-electron chi connectivity index (χ3n) is 5.97. The van der Waals surface area contributed by atoms with E-state index in [4.69, 9.17) is 4.74 Å². The Bertz CT molecular complexity index is 605. The fourth-order valence-corrected chi connectivity index (χ4v) is 4.41. The van der Waals surface area contributed by atoms with Crippen LogP contribution in [0.15, 0.2) is 30.3 Å². The molecule has 1 heterocycles. The summed E-state index contributed by atoms with van der Waals surface area (Å²) >= 11 is 0. The van der Waals surface area contributed by atoms with Crippen molar-refractivity contribution in [3.63, 3.8) is 0 Å². The summed E-state index contributed by atoms with van der Waals surface area (Å²) in [6.07, 6.45) is 7.32. The predicted octanol–water partition coefficient (Wildman–Crippen LogP) is 4.29. The first kappa shape index (κ1) is 19.7. The van der Waals surface area contributed by atoms with E-state index in [2.05, 4.69) is 29.6 Å². The zero-order valence-corrected chi connectivity index (χ0v) is 16.4. The minimum absolute atomic E-state index is 0.0227. The molecule has 1 aromatic rings. The van der Waals surface area contributed by atoms with Crippen LogP contribution in [0.4, 0.5) is 4.79 Å². The number of ether oxygens (including phenoxy) is 1. The summed E-state index contributed by atoms with van der Waals surface area (Å²) in [5.74, 6) is 0.633. The van der Waals surface area contributed by atoms with Crippen molar-refractivity contribution in [1.29, 1.82) is 0 Å². The summed E-state index contributed by atoms with van der Waals surface area (Å²) in [7, 11) is 0. The third-order valence-corrected chi connectivity index (χ3v) is 5.97. The second-order valence-electron chi connectivity index (χ2n) is 7.76. The lowest BCUT2D eigenvalue weighted by molar-refractivity contribution is -0.127. The van der Waals surface area contributed by atoms with E-state index < -0.39 is 0 Å². The van der Waals surface area contributed by atoms with Gasteiger partial charge in [-0.2, -0.15) is 0 Å². The summed E-state index contributed by atoms with van der Waals surface area (Å²) in [6.45, 7) is 3.39. The van der Waals surface area contributed by atoms with Gasteiger partial charge in [-0.25, -0.2) is 4.79 Å². The number of rotatable bonds is 5. The van der Waals surface area contributed by atoms with Gasteiger partial charge in [-0.15, -0.1) is 0 Å². The third kappa shape index (κ3) is 5.24. The Kier molecular flexibility index (Phi) is 7.13. The maximum absolute atomic E-state index is 13.0. The SMILES string of the molecule is CCOC(=O)N1CCC(C(=O)N[C@@H](c2ccccc2)C2CCCCC2)CC1. The van der Waals surface area contributed by atoms with Crippen LogP contribution in [0, 0.1) is 11.8 Å². The molecule has 3 rings (SSSR count). The van der Waals surface area contributed by atoms with Crippen LogP contribution in [0.1, 0.15) is 63.5 Å². The summed E-state index contributed by atoms with van der Waals surface area (Å²) < 4.78 is 5.07. The van der Waals surface area contributed by atoms with Crippen molar-refractivity contribution in [3.8, 4) is 0 Å². The molecule has 0 aromatic heterocycles. The largest absolute Gasteiger partial charge is 0.450 e. The van der Waals surface area contributed by atoms with Gasteiger partial charge >= 0.3 is 6.09 Å². The van der Waals surface area contributed by atoms with Gasteiger partial charge in [0.05, 0.1) is 12.6 Å².